The summed E-state index contributed by atoms with van der Waals surface area (Å²) < 4.78 is 8.80. The fraction of sp³-hybridized carbons (Fsp3) is 0.714. The topological polar surface area (TPSA) is 47.0 Å². The first-order valence-corrected chi connectivity index (χ1v) is 4.67. The van der Waals surface area contributed by atoms with Gasteiger partial charge in [-0.15, -0.1) is 5.10 Å². The highest BCUT2D eigenvalue weighted by Crippen LogP contribution is 2.11. The van der Waals surface area contributed by atoms with Gasteiger partial charge >= 0.3 is 0 Å². The van der Waals surface area contributed by atoms with Crippen LogP contribution in [-0.4, -0.2) is 29.3 Å². The average molecular weight is 187 g/mol. The second-order valence-electron chi connectivity index (χ2n) is 2.49. The molecule has 0 bridgehead atoms. The van der Waals surface area contributed by atoms with Crippen molar-refractivity contribution in [2.24, 2.45) is 0 Å². The van der Waals surface area contributed by atoms with Gasteiger partial charge in [0.25, 0.3) is 0 Å². The summed E-state index contributed by atoms with van der Waals surface area (Å²) in [5.41, 5.74) is 0. The minimum absolute atomic E-state index is 0.359. The van der Waals surface area contributed by atoms with Crippen molar-refractivity contribution < 1.29 is 4.74 Å². The number of aromatic nitrogens is 2. The third-order valence-electron chi connectivity index (χ3n) is 1.57. The van der Waals surface area contributed by atoms with E-state index in [0.29, 0.717) is 12.6 Å². The van der Waals surface area contributed by atoms with Crippen molar-refractivity contribution in [3.63, 3.8) is 0 Å². The minimum atomic E-state index is 0.359. The first-order chi connectivity index (χ1) is 5.86. The fourth-order valence-electron chi connectivity index (χ4n) is 0.895. The molecule has 4 nitrogen and oxygen atoms in total. The second kappa shape index (κ2) is 5.05. The smallest absolute Gasteiger partial charge is 0.130 e. The monoisotopic (exact) mass is 187 g/mol. The van der Waals surface area contributed by atoms with Crippen LogP contribution in [0.3, 0.4) is 0 Å². The van der Waals surface area contributed by atoms with Crippen molar-refractivity contribution in [1.82, 2.24) is 9.59 Å². The van der Waals surface area contributed by atoms with Gasteiger partial charge in [0, 0.05) is 18.6 Å². The van der Waals surface area contributed by atoms with Crippen LogP contribution in [0.1, 0.15) is 13.3 Å². The number of hydrogen-bond acceptors (Lipinski definition) is 5. The van der Waals surface area contributed by atoms with Crippen molar-refractivity contribution in [2.45, 2.75) is 19.4 Å². The van der Waals surface area contributed by atoms with Crippen LogP contribution >= 0.6 is 11.5 Å². The molecule has 0 aliphatic carbocycles. The number of methoxy groups -OCH3 is 1. The van der Waals surface area contributed by atoms with Gasteiger partial charge in [0.1, 0.15) is 5.00 Å². The van der Waals surface area contributed by atoms with Crippen LogP contribution in [0.2, 0.25) is 0 Å². The van der Waals surface area contributed by atoms with E-state index in [1.54, 1.807) is 13.3 Å². The standard InChI is InChI=1S/C7H13N3OS/c1-3-6(5-11-2)9-7-4-8-10-12-7/h4,6,9H,3,5H2,1-2H3. The Hall–Kier alpha value is -0.680. The molecule has 0 aliphatic rings. The Morgan fingerprint density at radius 3 is 3.08 bits per heavy atom. The predicted molar refractivity (Wildman–Crippen MR) is 49.5 cm³/mol. The minimum Gasteiger partial charge on any atom is -0.383 e. The second-order valence-corrected chi connectivity index (χ2v) is 3.27. The van der Waals surface area contributed by atoms with Gasteiger partial charge in [0.2, 0.25) is 0 Å². The van der Waals surface area contributed by atoms with Gasteiger partial charge in [0.05, 0.1) is 18.8 Å². The summed E-state index contributed by atoms with van der Waals surface area (Å²) in [4.78, 5) is 0. The van der Waals surface area contributed by atoms with Crippen molar-refractivity contribution >= 4 is 16.5 Å². The summed E-state index contributed by atoms with van der Waals surface area (Å²) in [7, 11) is 1.70. The molecular weight excluding hydrogens is 174 g/mol. The number of nitrogens with one attached hydrogen (secondary N) is 1. The molecule has 1 rings (SSSR count). The van der Waals surface area contributed by atoms with E-state index in [4.69, 9.17) is 4.74 Å². The largest absolute Gasteiger partial charge is 0.383 e. The van der Waals surface area contributed by atoms with E-state index < -0.39 is 0 Å². The lowest BCUT2D eigenvalue weighted by molar-refractivity contribution is 0.184. The SMILES string of the molecule is CCC(COC)Nc1cnns1. The van der Waals surface area contributed by atoms with Crippen LogP contribution in [-0.2, 0) is 4.74 Å². The van der Waals surface area contributed by atoms with E-state index in [1.165, 1.54) is 11.5 Å². The zero-order chi connectivity index (χ0) is 8.81. The molecule has 0 radical (unpaired) electrons. The molecule has 1 aromatic rings. The maximum absolute atomic E-state index is 5.04. The van der Waals surface area contributed by atoms with E-state index in [2.05, 4.69) is 21.8 Å². The molecule has 1 heterocycles. The maximum atomic E-state index is 5.04. The summed E-state index contributed by atoms with van der Waals surface area (Å²) in [6.45, 7) is 2.83. The quantitative estimate of drug-likeness (QED) is 0.756. The summed E-state index contributed by atoms with van der Waals surface area (Å²) >= 11 is 1.36. The predicted octanol–water partition coefficient (Wildman–Crippen LogP) is 1.37. The molecule has 0 aromatic carbocycles. The highest BCUT2D eigenvalue weighted by atomic mass is 32.1. The maximum Gasteiger partial charge on any atom is 0.130 e. The van der Waals surface area contributed by atoms with Crippen molar-refractivity contribution in [3.05, 3.63) is 6.20 Å². The highest BCUT2D eigenvalue weighted by Gasteiger charge is 2.05. The fourth-order valence-corrected chi connectivity index (χ4v) is 1.39. The van der Waals surface area contributed by atoms with Gasteiger partial charge < -0.3 is 10.1 Å². The summed E-state index contributed by atoms with van der Waals surface area (Å²) in [5.74, 6) is 0. The third-order valence-corrected chi connectivity index (χ3v) is 2.16. The Balaban J connectivity index is 2.37. The Kier molecular flexibility index (Phi) is 3.96. The lowest BCUT2D eigenvalue weighted by atomic mass is 10.2. The highest BCUT2D eigenvalue weighted by molar-refractivity contribution is 7.09. The van der Waals surface area contributed by atoms with Crippen LogP contribution < -0.4 is 5.32 Å². The molecule has 0 amide bonds. The molecule has 0 saturated carbocycles. The number of anilines is 1. The molecule has 1 atom stereocenters. The van der Waals surface area contributed by atoms with Gasteiger partial charge in [-0.05, 0) is 6.42 Å². The van der Waals surface area contributed by atoms with E-state index in [-0.39, 0.29) is 0 Å². The van der Waals surface area contributed by atoms with Crippen LogP contribution in [0.5, 0.6) is 0 Å². The summed E-state index contributed by atoms with van der Waals surface area (Å²) in [6, 6.07) is 0.359. The van der Waals surface area contributed by atoms with E-state index in [1.807, 2.05) is 0 Å². The first-order valence-electron chi connectivity index (χ1n) is 3.89. The number of ether oxygens (including phenoxy) is 1. The molecular formula is C7H13N3OS. The zero-order valence-electron chi connectivity index (χ0n) is 7.28. The van der Waals surface area contributed by atoms with Gasteiger partial charge in [-0.25, -0.2) is 0 Å². The van der Waals surface area contributed by atoms with E-state index in [9.17, 15) is 0 Å². The summed E-state index contributed by atoms with van der Waals surface area (Å²) in [6.07, 6.45) is 2.76. The van der Waals surface area contributed by atoms with Crippen molar-refractivity contribution in [2.75, 3.05) is 19.0 Å². The van der Waals surface area contributed by atoms with Gasteiger partial charge in [-0.3, -0.25) is 0 Å². The molecule has 0 spiro atoms. The van der Waals surface area contributed by atoms with E-state index >= 15 is 0 Å². The summed E-state index contributed by atoms with van der Waals surface area (Å²) in [5, 5.41) is 8.01. The third kappa shape index (κ3) is 2.75. The van der Waals surface area contributed by atoms with Crippen LogP contribution in [0.25, 0.3) is 0 Å². The van der Waals surface area contributed by atoms with Crippen molar-refractivity contribution in [3.8, 4) is 0 Å². The van der Waals surface area contributed by atoms with Crippen LogP contribution in [0.15, 0.2) is 6.20 Å². The molecule has 5 heteroatoms. The molecule has 0 saturated heterocycles. The number of rotatable bonds is 5. The number of nitrogens with zero attached hydrogens (tertiary/aromatic N) is 2. The lowest BCUT2D eigenvalue weighted by Gasteiger charge is -2.14. The Labute approximate surface area is 76.1 Å². The zero-order valence-corrected chi connectivity index (χ0v) is 8.10. The van der Waals surface area contributed by atoms with Crippen LogP contribution in [0.4, 0.5) is 5.00 Å². The van der Waals surface area contributed by atoms with Gasteiger partial charge in [-0.1, -0.05) is 11.4 Å². The van der Waals surface area contributed by atoms with Gasteiger partial charge in [0.15, 0.2) is 0 Å². The lowest BCUT2D eigenvalue weighted by Crippen LogP contribution is -2.23. The van der Waals surface area contributed by atoms with Crippen molar-refractivity contribution in [1.29, 1.82) is 0 Å². The molecule has 0 fully saturated rings. The Morgan fingerprint density at radius 1 is 1.75 bits per heavy atom. The molecule has 12 heavy (non-hydrogen) atoms. The molecule has 68 valence electrons. The Morgan fingerprint density at radius 2 is 2.58 bits per heavy atom. The molecule has 1 N–H and O–H groups in total. The van der Waals surface area contributed by atoms with E-state index in [0.717, 1.165) is 11.4 Å². The number of hydrogen-bond donors (Lipinski definition) is 1. The normalized spacial score (nSPS) is 12.8. The molecule has 1 unspecified atom stereocenters. The first kappa shape index (κ1) is 9.41. The molecule has 1 aromatic heterocycles. The average Bonchev–Trinajstić information content (AvgIpc) is 2.56. The van der Waals surface area contributed by atoms with Crippen LogP contribution in [0, 0.1) is 0 Å². The van der Waals surface area contributed by atoms with Gasteiger partial charge in [-0.2, -0.15) is 0 Å². The Bertz CT molecular complexity index is 202. The molecule has 0 aliphatic heterocycles.